The Balaban J connectivity index is 1.43. The standard InChI is InChI=1S/C34H35FN2O3/c35-28-20-18-26(19-21-28)23-37(33(38)24-40-32-17-9-13-27-12-7-8-16-30(27)32)31(22-25-10-3-1-4-11-25)34(39)36-29-14-5-2-6-15-29/h1,3-4,7-13,16-21,29,31H,2,5-6,14-15,22-24H2,(H,36,39)/t31-/m1/s1. The monoisotopic (exact) mass is 538 g/mol. The maximum atomic E-state index is 13.9. The third kappa shape index (κ3) is 7.06. The number of nitrogens with one attached hydrogen (secondary N) is 1. The number of halogens is 1. The first kappa shape index (κ1) is 27.4. The van der Waals surface area contributed by atoms with Crippen molar-refractivity contribution in [3.63, 3.8) is 0 Å². The number of carbonyl (C=O) groups is 2. The van der Waals surface area contributed by atoms with E-state index in [4.69, 9.17) is 4.74 Å². The van der Waals surface area contributed by atoms with Crippen LogP contribution in [-0.4, -0.2) is 35.4 Å². The first-order chi connectivity index (χ1) is 19.6. The molecule has 1 fully saturated rings. The molecule has 4 aromatic carbocycles. The second-order valence-corrected chi connectivity index (χ2v) is 10.5. The van der Waals surface area contributed by atoms with E-state index in [1.54, 1.807) is 17.0 Å². The van der Waals surface area contributed by atoms with Crippen molar-refractivity contribution >= 4 is 22.6 Å². The molecule has 1 aliphatic carbocycles. The number of rotatable bonds is 10. The fourth-order valence-electron chi connectivity index (χ4n) is 5.43. The van der Waals surface area contributed by atoms with Crippen molar-refractivity contribution in [3.8, 4) is 5.75 Å². The number of ether oxygens (including phenoxy) is 1. The largest absolute Gasteiger partial charge is 0.483 e. The molecule has 0 bridgehead atoms. The Morgan fingerprint density at radius 2 is 1.52 bits per heavy atom. The molecular formula is C34H35FN2O3. The van der Waals surface area contributed by atoms with E-state index in [-0.39, 0.29) is 36.8 Å². The number of amides is 2. The number of fused-ring (bicyclic) bond motifs is 1. The van der Waals surface area contributed by atoms with E-state index in [0.29, 0.717) is 12.2 Å². The Hall–Kier alpha value is -4.19. The van der Waals surface area contributed by atoms with E-state index >= 15 is 0 Å². The molecule has 1 N–H and O–H groups in total. The SMILES string of the molecule is O=C(NC1CCCCC1)[C@@H](Cc1ccccc1)N(Cc1ccc(F)cc1)C(=O)COc1cccc2ccccc12. The zero-order valence-corrected chi connectivity index (χ0v) is 22.6. The lowest BCUT2D eigenvalue weighted by Gasteiger charge is -2.33. The highest BCUT2D eigenvalue weighted by Gasteiger charge is 2.32. The highest BCUT2D eigenvalue weighted by atomic mass is 19.1. The molecular weight excluding hydrogens is 503 g/mol. The molecule has 6 heteroatoms. The summed E-state index contributed by atoms with van der Waals surface area (Å²) in [7, 11) is 0. The van der Waals surface area contributed by atoms with Gasteiger partial charge in [-0.15, -0.1) is 0 Å². The second kappa shape index (κ2) is 13.2. The van der Waals surface area contributed by atoms with E-state index in [0.717, 1.165) is 47.6 Å². The quantitative estimate of drug-likeness (QED) is 0.253. The van der Waals surface area contributed by atoms with Crippen LogP contribution in [-0.2, 0) is 22.6 Å². The Labute approximate surface area is 235 Å². The number of nitrogens with zero attached hydrogens (tertiary/aromatic N) is 1. The topological polar surface area (TPSA) is 58.6 Å². The Kier molecular flexibility index (Phi) is 9.07. The third-order valence-corrected chi connectivity index (χ3v) is 7.59. The highest BCUT2D eigenvalue weighted by molar-refractivity contribution is 5.90. The fraction of sp³-hybridized carbons (Fsp3) is 0.294. The lowest BCUT2D eigenvalue weighted by atomic mass is 9.94. The first-order valence-corrected chi connectivity index (χ1v) is 14.1. The van der Waals surface area contributed by atoms with Crippen molar-refractivity contribution in [2.24, 2.45) is 0 Å². The van der Waals surface area contributed by atoms with Gasteiger partial charge in [-0.3, -0.25) is 9.59 Å². The molecule has 4 aromatic rings. The summed E-state index contributed by atoms with van der Waals surface area (Å²) in [5.74, 6) is -0.218. The molecule has 0 unspecified atom stereocenters. The summed E-state index contributed by atoms with van der Waals surface area (Å²) in [4.78, 5) is 29.3. The van der Waals surface area contributed by atoms with Crippen molar-refractivity contribution in [3.05, 3.63) is 114 Å². The zero-order chi connectivity index (χ0) is 27.7. The summed E-state index contributed by atoms with van der Waals surface area (Å²) in [5, 5.41) is 5.17. The number of benzene rings is 4. The number of hydrogen-bond donors (Lipinski definition) is 1. The van der Waals surface area contributed by atoms with Gasteiger partial charge in [0, 0.05) is 24.4 Å². The molecule has 206 valence electrons. The van der Waals surface area contributed by atoms with Crippen LogP contribution in [0.3, 0.4) is 0 Å². The van der Waals surface area contributed by atoms with Crippen LogP contribution in [0, 0.1) is 5.82 Å². The summed E-state index contributed by atoms with van der Waals surface area (Å²) in [6, 6.07) is 28.7. The fourth-order valence-corrected chi connectivity index (χ4v) is 5.43. The van der Waals surface area contributed by atoms with Gasteiger partial charge in [-0.25, -0.2) is 4.39 Å². The van der Waals surface area contributed by atoms with E-state index in [1.165, 1.54) is 18.6 Å². The molecule has 0 saturated heterocycles. The smallest absolute Gasteiger partial charge is 0.261 e. The third-order valence-electron chi connectivity index (χ3n) is 7.59. The minimum absolute atomic E-state index is 0.106. The van der Waals surface area contributed by atoms with Crippen molar-refractivity contribution in [2.45, 2.75) is 57.2 Å². The predicted molar refractivity (Wildman–Crippen MR) is 155 cm³/mol. The molecule has 40 heavy (non-hydrogen) atoms. The van der Waals surface area contributed by atoms with Gasteiger partial charge in [0.05, 0.1) is 0 Å². The molecule has 0 spiro atoms. The van der Waals surface area contributed by atoms with Gasteiger partial charge in [-0.1, -0.05) is 98.1 Å². The molecule has 5 nitrogen and oxygen atoms in total. The normalized spacial score (nSPS) is 14.4. The molecule has 0 heterocycles. The minimum Gasteiger partial charge on any atom is -0.483 e. The van der Waals surface area contributed by atoms with Crippen LogP contribution in [0.1, 0.15) is 43.2 Å². The van der Waals surface area contributed by atoms with Crippen molar-refractivity contribution in [2.75, 3.05) is 6.61 Å². The second-order valence-electron chi connectivity index (χ2n) is 10.5. The molecule has 0 radical (unpaired) electrons. The van der Waals surface area contributed by atoms with Crippen LogP contribution in [0.2, 0.25) is 0 Å². The summed E-state index contributed by atoms with van der Waals surface area (Å²) >= 11 is 0. The highest BCUT2D eigenvalue weighted by Crippen LogP contribution is 2.26. The van der Waals surface area contributed by atoms with Crippen LogP contribution in [0.15, 0.2) is 97.1 Å². The molecule has 0 aromatic heterocycles. The van der Waals surface area contributed by atoms with Gasteiger partial charge < -0.3 is 15.0 Å². The average molecular weight is 539 g/mol. The first-order valence-electron chi connectivity index (χ1n) is 14.1. The van der Waals surface area contributed by atoms with Gasteiger partial charge in [-0.05, 0) is 47.6 Å². The lowest BCUT2D eigenvalue weighted by molar-refractivity contribution is -0.143. The van der Waals surface area contributed by atoms with Crippen molar-refractivity contribution in [1.82, 2.24) is 10.2 Å². The van der Waals surface area contributed by atoms with Crippen LogP contribution in [0.4, 0.5) is 4.39 Å². The van der Waals surface area contributed by atoms with Gasteiger partial charge in [0.25, 0.3) is 5.91 Å². The summed E-state index contributed by atoms with van der Waals surface area (Å²) in [6.07, 6.45) is 5.61. The van der Waals surface area contributed by atoms with Gasteiger partial charge >= 0.3 is 0 Å². The van der Waals surface area contributed by atoms with Crippen LogP contribution >= 0.6 is 0 Å². The van der Waals surface area contributed by atoms with E-state index < -0.39 is 6.04 Å². The van der Waals surface area contributed by atoms with E-state index in [2.05, 4.69) is 5.32 Å². The van der Waals surface area contributed by atoms with Crippen LogP contribution in [0.25, 0.3) is 10.8 Å². The van der Waals surface area contributed by atoms with Crippen LogP contribution < -0.4 is 10.1 Å². The molecule has 1 saturated carbocycles. The van der Waals surface area contributed by atoms with Gasteiger partial charge in [-0.2, -0.15) is 0 Å². The molecule has 5 rings (SSSR count). The minimum atomic E-state index is -0.752. The van der Waals surface area contributed by atoms with Crippen molar-refractivity contribution in [1.29, 1.82) is 0 Å². The maximum Gasteiger partial charge on any atom is 0.261 e. The summed E-state index contributed by atoms with van der Waals surface area (Å²) in [6.45, 7) is -0.0647. The lowest BCUT2D eigenvalue weighted by Crippen LogP contribution is -2.53. The van der Waals surface area contributed by atoms with Gasteiger partial charge in [0.2, 0.25) is 5.91 Å². The Morgan fingerprint density at radius 3 is 2.30 bits per heavy atom. The summed E-state index contributed by atoms with van der Waals surface area (Å²) in [5.41, 5.74) is 1.70. The van der Waals surface area contributed by atoms with Crippen LogP contribution in [0.5, 0.6) is 5.75 Å². The molecule has 0 aliphatic heterocycles. The van der Waals surface area contributed by atoms with Gasteiger partial charge in [0.15, 0.2) is 6.61 Å². The van der Waals surface area contributed by atoms with Crippen molar-refractivity contribution < 1.29 is 18.7 Å². The van der Waals surface area contributed by atoms with Gasteiger partial charge in [0.1, 0.15) is 17.6 Å². The molecule has 1 atom stereocenters. The summed E-state index contributed by atoms with van der Waals surface area (Å²) < 4.78 is 19.8. The Morgan fingerprint density at radius 1 is 0.825 bits per heavy atom. The maximum absolute atomic E-state index is 13.9. The van der Waals surface area contributed by atoms with E-state index in [1.807, 2.05) is 72.8 Å². The zero-order valence-electron chi connectivity index (χ0n) is 22.6. The molecule has 2 amide bonds. The van der Waals surface area contributed by atoms with E-state index in [9.17, 15) is 14.0 Å². The average Bonchev–Trinajstić information content (AvgIpc) is 2.99. The predicted octanol–water partition coefficient (Wildman–Crippen LogP) is 6.45. The molecule has 1 aliphatic rings. The number of hydrogen-bond acceptors (Lipinski definition) is 3. The number of carbonyl (C=O) groups excluding carboxylic acids is 2. The Bertz CT molecular complexity index is 1410.